The zero-order valence-corrected chi connectivity index (χ0v) is 11.2. The summed E-state index contributed by atoms with van der Waals surface area (Å²) in [6, 6.07) is 1.32. The lowest BCUT2D eigenvalue weighted by molar-refractivity contribution is -0.197. The van der Waals surface area contributed by atoms with Crippen molar-refractivity contribution in [2.24, 2.45) is 11.3 Å². The molecule has 0 amide bonds. The lowest BCUT2D eigenvalue weighted by Gasteiger charge is -2.61. The lowest BCUT2D eigenvalue weighted by Crippen LogP contribution is -2.71. The highest BCUT2D eigenvalue weighted by molar-refractivity contribution is 5.11. The maximum Gasteiger partial charge on any atom is 0.0684 e. The maximum atomic E-state index is 5.93. The molecule has 1 aliphatic heterocycles. The first-order valence-electron chi connectivity index (χ1n) is 7.03. The summed E-state index contributed by atoms with van der Waals surface area (Å²) in [5.41, 5.74) is 0.309. The molecule has 17 heavy (non-hydrogen) atoms. The second-order valence-corrected chi connectivity index (χ2v) is 6.59. The van der Waals surface area contributed by atoms with Crippen molar-refractivity contribution >= 4 is 0 Å². The van der Waals surface area contributed by atoms with Crippen LogP contribution in [0.3, 0.4) is 0 Å². The third-order valence-corrected chi connectivity index (χ3v) is 5.17. The molecule has 1 N–H and O–H groups in total. The Hall–Kier alpha value is -0.120. The summed E-state index contributed by atoms with van der Waals surface area (Å²) in [5.74, 6) is 0.750. The van der Waals surface area contributed by atoms with Gasteiger partial charge in [-0.1, -0.05) is 13.8 Å². The predicted octanol–water partition coefficient (Wildman–Crippen LogP) is 1.96. The van der Waals surface area contributed by atoms with Crippen molar-refractivity contribution in [1.29, 1.82) is 0 Å². The van der Waals surface area contributed by atoms with Crippen molar-refractivity contribution in [1.82, 2.24) is 5.32 Å². The summed E-state index contributed by atoms with van der Waals surface area (Å²) in [6.45, 7) is 5.67. The van der Waals surface area contributed by atoms with E-state index in [-0.39, 0.29) is 0 Å². The van der Waals surface area contributed by atoms with Crippen molar-refractivity contribution < 1.29 is 9.47 Å². The van der Waals surface area contributed by atoms with E-state index < -0.39 is 0 Å². The molecule has 0 bridgehead atoms. The predicted molar refractivity (Wildman–Crippen MR) is 67.0 cm³/mol. The zero-order chi connectivity index (χ0) is 12.0. The van der Waals surface area contributed by atoms with E-state index in [0.717, 1.165) is 12.5 Å². The van der Waals surface area contributed by atoms with E-state index in [1.54, 1.807) is 0 Å². The summed E-state index contributed by atoms with van der Waals surface area (Å²) < 4.78 is 11.3. The fraction of sp³-hybridized carbons (Fsp3) is 1.00. The van der Waals surface area contributed by atoms with Gasteiger partial charge in [0, 0.05) is 37.1 Å². The highest BCUT2D eigenvalue weighted by Gasteiger charge is 2.58. The highest BCUT2D eigenvalue weighted by Crippen LogP contribution is 2.51. The Balaban J connectivity index is 1.56. The van der Waals surface area contributed by atoms with E-state index in [1.807, 2.05) is 7.11 Å². The first kappa shape index (κ1) is 11.9. The summed E-state index contributed by atoms with van der Waals surface area (Å²) in [4.78, 5) is 0. The second kappa shape index (κ2) is 4.22. The molecular weight excluding hydrogens is 214 g/mol. The normalized spacial score (nSPS) is 47.8. The van der Waals surface area contributed by atoms with Crippen molar-refractivity contribution in [2.45, 2.75) is 63.8 Å². The van der Waals surface area contributed by atoms with Crippen molar-refractivity contribution in [3.8, 4) is 0 Å². The monoisotopic (exact) mass is 239 g/mol. The van der Waals surface area contributed by atoms with E-state index in [1.165, 1.54) is 25.7 Å². The Bertz CT molecular complexity index is 286. The van der Waals surface area contributed by atoms with E-state index in [4.69, 9.17) is 9.47 Å². The van der Waals surface area contributed by atoms with Gasteiger partial charge in [-0.25, -0.2) is 0 Å². The van der Waals surface area contributed by atoms with Gasteiger partial charge in [0.2, 0.25) is 0 Å². The third-order valence-electron chi connectivity index (χ3n) is 5.17. The second-order valence-electron chi connectivity index (χ2n) is 6.59. The smallest absolute Gasteiger partial charge is 0.0684 e. The molecule has 0 aromatic rings. The molecule has 0 spiro atoms. The van der Waals surface area contributed by atoms with Gasteiger partial charge < -0.3 is 14.8 Å². The van der Waals surface area contributed by atoms with Crippen LogP contribution in [0.1, 0.15) is 39.5 Å². The van der Waals surface area contributed by atoms with E-state index in [9.17, 15) is 0 Å². The molecular formula is C14H25NO2. The molecule has 1 saturated heterocycles. The minimum absolute atomic E-state index is 0.309. The number of nitrogens with one attached hydrogen (secondary N) is 1. The zero-order valence-electron chi connectivity index (χ0n) is 11.2. The number of ether oxygens (including phenoxy) is 2. The molecule has 0 aromatic heterocycles. The van der Waals surface area contributed by atoms with Gasteiger partial charge in [0.1, 0.15) is 0 Å². The number of fused-ring (bicyclic) bond motifs is 1. The third kappa shape index (κ3) is 1.83. The fourth-order valence-electron chi connectivity index (χ4n) is 4.01. The molecule has 3 heteroatoms. The van der Waals surface area contributed by atoms with Gasteiger partial charge in [-0.3, -0.25) is 0 Å². The lowest BCUT2D eigenvalue weighted by atomic mass is 9.55. The number of methoxy groups -OCH3 is 1. The average molecular weight is 239 g/mol. The van der Waals surface area contributed by atoms with Gasteiger partial charge in [0.25, 0.3) is 0 Å². The minimum Gasteiger partial charge on any atom is -0.381 e. The van der Waals surface area contributed by atoms with Gasteiger partial charge in [-0.2, -0.15) is 0 Å². The van der Waals surface area contributed by atoms with Gasteiger partial charge >= 0.3 is 0 Å². The van der Waals surface area contributed by atoms with Gasteiger partial charge in [-0.05, 0) is 25.7 Å². The van der Waals surface area contributed by atoms with E-state index >= 15 is 0 Å². The van der Waals surface area contributed by atoms with Crippen LogP contribution in [0.2, 0.25) is 0 Å². The molecule has 3 fully saturated rings. The van der Waals surface area contributed by atoms with Crippen LogP contribution in [-0.2, 0) is 9.47 Å². The topological polar surface area (TPSA) is 30.5 Å². The van der Waals surface area contributed by atoms with Gasteiger partial charge in [0.15, 0.2) is 0 Å². The Morgan fingerprint density at radius 3 is 2.76 bits per heavy atom. The number of hydrogen-bond donors (Lipinski definition) is 1. The van der Waals surface area contributed by atoms with Crippen molar-refractivity contribution in [2.75, 3.05) is 13.7 Å². The standard InChI is InChI=1S/C14H25NO2/c1-14(2)12(11-5-4-6-17-13(11)14)15-9-7-10(8-9)16-3/h9-13,15H,4-8H2,1-3H3. The molecule has 1 heterocycles. The fourth-order valence-corrected chi connectivity index (χ4v) is 4.01. The molecule has 2 aliphatic carbocycles. The molecule has 0 radical (unpaired) electrons. The van der Waals surface area contributed by atoms with Gasteiger partial charge in [0.05, 0.1) is 12.2 Å². The van der Waals surface area contributed by atoms with Crippen LogP contribution in [0.5, 0.6) is 0 Å². The van der Waals surface area contributed by atoms with Crippen LogP contribution < -0.4 is 5.32 Å². The molecule has 3 aliphatic rings. The molecule has 3 atom stereocenters. The van der Waals surface area contributed by atoms with E-state index in [2.05, 4.69) is 19.2 Å². The first-order valence-corrected chi connectivity index (χ1v) is 7.03. The molecule has 3 nitrogen and oxygen atoms in total. The first-order chi connectivity index (χ1) is 8.13. The summed E-state index contributed by atoms with van der Waals surface area (Å²) in [7, 11) is 1.82. The van der Waals surface area contributed by atoms with Crippen LogP contribution in [0.15, 0.2) is 0 Å². The van der Waals surface area contributed by atoms with E-state index in [0.29, 0.717) is 29.7 Å². The quantitative estimate of drug-likeness (QED) is 0.816. The molecule has 3 unspecified atom stereocenters. The summed E-state index contributed by atoms with van der Waals surface area (Å²) >= 11 is 0. The Morgan fingerprint density at radius 2 is 2.06 bits per heavy atom. The highest BCUT2D eigenvalue weighted by atomic mass is 16.5. The largest absolute Gasteiger partial charge is 0.381 e. The SMILES string of the molecule is COC1CC(NC2C3CCCOC3C2(C)C)C1. The molecule has 98 valence electrons. The minimum atomic E-state index is 0.309. The van der Waals surface area contributed by atoms with Gasteiger partial charge in [-0.15, -0.1) is 0 Å². The molecule has 2 saturated carbocycles. The van der Waals surface area contributed by atoms with Crippen LogP contribution in [0.4, 0.5) is 0 Å². The van der Waals surface area contributed by atoms with Crippen LogP contribution in [-0.4, -0.2) is 38.0 Å². The van der Waals surface area contributed by atoms with Crippen LogP contribution in [0, 0.1) is 11.3 Å². The number of rotatable bonds is 3. The van der Waals surface area contributed by atoms with Crippen molar-refractivity contribution in [3.63, 3.8) is 0 Å². The Morgan fingerprint density at radius 1 is 1.29 bits per heavy atom. The maximum absolute atomic E-state index is 5.93. The average Bonchev–Trinajstić information content (AvgIpc) is 2.27. The molecule has 0 aromatic carbocycles. The number of hydrogen-bond acceptors (Lipinski definition) is 3. The Kier molecular flexibility index (Phi) is 2.96. The Labute approximate surface area is 104 Å². The van der Waals surface area contributed by atoms with Crippen molar-refractivity contribution in [3.05, 3.63) is 0 Å². The molecule has 3 rings (SSSR count). The van der Waals surface area contributed by atoms with Crippen LogP contribution in [0.25, 0.3) is 0 Å². The van der Waals surface area contributed by atoms with Crippen LogP contribution >= 0.6 is 0 Å². The summed E-state index contributed by atoms with van der Waals surface area (Å²) in [5, 5.41) is 3.85. The summed E-state index contributed by atoms with van der Waals surface area (Å²) in [6.07, 6.45) is 5.93.